The number of carbonyl (C=O) groups is 1. The van der Waals surface area contributed by atoms with Gasteiger partial charge in [-0.1, -0.05) is 62.4 Å². The van der Waals surface area contributed by atoms with Gasteiger partial charge in [-0.3, -0.25) is 4.79 Å². The predicted octanol–water partition coefficient (Wildman–Crippen LogP) is 1.48. The average Bonchev–Trinajstić information content (AvgIpc) is 2.75. The third-order valence-electron chi connectivity index (χ3n) is 5.42. The molecule has 29 heavy (non-hydrogen) atoms. The SMILES string of the molecule is CC(C)[C@H]([NH2+]CC(=O)N1CCN(S(=O)(=O)c2ccccc2)CC1)c1ccccc1. The van der Waals surface area contributed by atoms with Gasteiger partial charge in [-0.2, -0.15) is 4.31 Å². The third kappa shape index (κ3) is 5.23. The number of piperazine rings is 1. The minimum atomic E-state index is -3.50. The van der Waals surface area contributed by atoms with Gasteiger partial charge in [-0.15, -0.1) is 0 Å². The lowest BCUT2D eigenvalue weighted by atomic mass is 9.96. The van der Waals surface area contributed by atoms with Crippen LogP contribution in [0.2, 0.25) is 0 Å². The van der Waals surface area contributed by atoms with Crippen LogP contribution in [0.25, 0.3) is 0 Å². The monoisotopic (exact) mass is 416 g/mol. The fraction of sp³-hybridized carbons (Fsp3) is 0.409. The highest BCUT2D eigenvalue weighted by atomic mass is 32.2. The Morgan fingerprint density at radius 3 is 2.03 bits per heavy atom. The molecule has 1 fully saturated rings. The van der Waals surface area contributed by atoms with E-state index in [0.29, 0.717) is 43.5 Å². The summed E-state index contributed by atoms with van der Waals surface area (Å²) in [4.78, 5) is 14.8. The van der Waals surface area contributed by atoms with Gasteiger partial charge in [0.2, 0.25) is 10.0 Å². The van der Waals surface area contributed by atoms with Crippen molar-refractivity contribution in [2.45, 2.75) is 24.8 Å². The van der Waals surface area contributed by atoms with Gasteiger partial charge in [0.25, 0.3) is 5.91 Å². The van der Waals surface area contributed by atoms with E-state index >= 15 is 0 Å². The number of quaternary nitrogens is 1. The summed E-state index contributed by atoms with van der Waals surface area (Å²) < 4.78 is 26.9. The van der Waals surface area contributed by atoms with E-state index < -0.39 is 10.0 Å². The molecule has 3 rings (SSSR count). The molecule has 7 heteroatoms. The van der Waals surface area contributed by atoms with Crippen LogP contribution in [-0.2, 0) is 14.8 Å². The molecule has 6 nitrogen and oxygen atoms in total. The van der Waals surface area contributed by atoms with E-state index in [1.165, 1.54) is 9.87 Å². The van der Waals surface area contributed by atoms with Crippen molar-refractivity contribution in [1.82, 2.24) is 9.21 Å². The number of hydrogen-bond donors (Lipinski definition) is 1. The van der Waals surface area contributed by atoms with Crippen LogP contribution in [0.4, 0.5) is 0 Å². The summed E-state index contributed by atoms with van der Waals surface area (Å²) in [6.07, 6.45) is 0. The Kier molecular flexibility index (Phi) is 7.05. The molecule has 1 saturated heterocycles. The summed E-state index contributed by atoms with van der Waals surface area (Å²) >= 11 is 0. The van der Waals surface area contributed by atoms with Crippen LogP contribution in [0, 0.1) is 5.92 Å². The Bertz CT molecular complexity index is 893. The number of carbonyl (C=O) groups excluding carboxylic acids is 1. The van der Waals surface area contributed by atoms with Gasteiger partial charge in [0.15, 0.2) is 6.54 Å². The fourth-order valence-corrected chi connectivity index (χ4v) is 5.19. The topological polar surface area (TPSA) is 74.3 Å². The second kappa shape index (κ2) is 9.52. The molecular weight excluding hydrogens is 386 g/mol. The van der Waals surface area contributed by atoms with Gasteiger partial charge in [0, 0.05) is 37.7 Å². The van der Waals surface area contributed by atoms with Crippen molar-refractivity contribution in [3.8, 4) is 0 Å². The zero-order chi connectivity index (χ0) is 20.9. The molecule has 0 unspecified atom stereocenters. The fourth-order valence-electron chi connectivity index (χ4n) is 3.74. The minimum absolute atomic E-state index is 0.0586. The average molecular weight is 417 g/mol. The maximum atomic E-state index is 12.7. The predicted molar refractivity (Wildman–Crippen MR) is 113 cm³/mol. The van der Waals surface area contributed by atoms with Crippen molar-refractivity contribution in [1.29, 1.82) is 0 Å². The molecule has 0 aromatic heterocycles. The maximum absolute atomic E-state index is 12.7. The molecule has 0 spiro atoms. The molecular formula is C22H30N3O3S+. The molecule has 2 aromatic rings. The van der Waals surface area contributed by atoms with Crippen LogP contribution in [0.5, 0.6) is 0 Å². The number of sulfonamides is 1. The molecule has 2 N–H and O–H groups in total. The van der Waals surface area contributed by atoms with Crippen molar-refractivity contribution in [2.24, 2.45) is 5.92 Å². The van der Waals surface area contributed by atoms with Gasteiger partial charge >= 0.3 is 0 Å². The Balaban J connectivity index is 1.55. The smallest absolute Gasteiger partial charge is 0.277 e. The Morgan fingerprint density at radius 1 is 0.931 bits per heavy atom. The Morgan fingerprint density at radius 2 is 1.48 bits per heavy atom. The van der Waals surface area contributed by atoms with Crippen LogP contribution in [0.1, 0.15) is 25.5 Å². The first-order valence-electron chi connectivity index (χ1n) is 10.1. The zero-order valence-electron chi connectivity index (χ0n) is 17.1. The molecule has 156 valence electrons. The Hall–Kier alpha value is -2.22. The lowest BCUT2D eigenvalue weighted by Crippen LogP contribution is -2.88. The molecule has 2 aromatic carbocycles. The summed E-state index contributed by atoms with van der Waals surface area (Å²) in [6.45, 7) is 6.19. The van der Waals surface area contributed by atoms with E-state index in [4.69, 9.17) is 0 Å². The van der Waals surface area contributed by atoms with E-state index in [1.54, 1.807) is 35.2 Å². The highest BCUT2D eigenvalue weighted by Crippen LogP contribution is 2.18. The molecule has 1 aliphatic rings. The molecule has 1 atom stereocenters. The summed E-state index contributed by atoms with van der Waals surface area (Å²) in [6, 6.07) is 18.9. The summed E-state index contributed by atoms with van der Waals surface area (Å²) in [5.74, 6) is 0.460. The number of benzene rings is 2. The van der Waals surface area contributed by atoms with E-state index in [0.717, 1.165) is 0 Å². The standard InChI is InChI=1S/C22H29N3O3S/c1-18(2)22(19-9-5-3-6-10-19)23-17-21(26)24-13-15-25(16-14-24)29(27,28)20-11-7-4-8-12-20/h3-12,18,22-23H,13-17H2,1-2H3/p+1/t22-/m0/s1. The highest BCUT2D eigenvalue weighted by Gasteiger charge is 2.31. The van der Waals surface area contributed by atoms with E-state index in [-0.39, 0.29) is 11.9 Å². The molecule has 1 aliphatic heterocycles. The summed E-state index contributed by atoms with van der Waals surface area (Å²) in [7, 11) is -3.50. The van der Waals surface area contributed by atoms with E-state index in [9.17, 15) is 13.2 Å². The lowest BCUT2D eigenvalue weighted by molar-refractivity contribution is -0.692. The molecule has 1 heterocycles. The molecule has 0 saturated carbocycles. The Labute approximate surface area is 173 Å². The molecule has 0 radical (unpaired) electrons. The highest BCUT2D eigenvalue weighted by molar-refractivity contribution is 7.89. The number of nitrogens with two attached hydrogens (primary N) is 1. The third-order valence-corrected chi connectivity index (χ3v) is 7.33. The van der Waals surface area contributed by atoms with Gasteiger partial charge in [-0.05, 0) is 12.1 Å². The van der Waals surface area contributed by atoms with Gasteiger partial charge in [-0.25, -0.2) is 8.42 Å². The lowest BCUT2D eigenvalue weighted by Gasteiger charge is -2.34. The first kappa shape index (κ1) is 21.5. The van der Waals surface area contributed by atoms with Crippen LogP contribution in [0.15, 0.2) is 65.6 Å². The van der Waals surface area contributed by atoms with Crippen molar-refractivity contribution >= 4 is 15.9 Å². The first-order valence-corrected chi connectivity index (χ1v) is 11.5. The van der Waals surface area contributed by atoms with E-state index in [2.05, 4.69) is 31.3 Å². The number of rotatable bonds is 7. The summed E-state index contributed by atoms with van der Waals surface area (Å²) in [5.41, 5.74) is 1.22. The largest absolute Gasteiger partial charge is 0.335 e. The van der Waals surface area contributed by atoms with Gasteiger partial charge in [0.1, 0.15) is 6.04 Å². The van der Waals surface area contributed by atoms with Crippen LogP contribution < -0.4 is 5.32 Å². The van der Waals surface area contributed by atoms with Crippen LogP contribution in [0.3, 0.4) is 0 Å². The van der Waals surface area contributed by atoms with Gasteiger partial charge < -0.3 is 10.2 Å². The first-order chi connectivity index (χ1) is 13.9. The normalized spacial score (nSPS) is 16.7. The number of hydrogen-bond acceptors (Lipinski definition) is 3. The quantitative estimate of drug-likeness (QED) is 0.743. The van der Waals surface area contributed by atoms with Crippen molar-refractivity contribution < 1.29 is 18.5 Å². The number of nitrogens with zero attached hydrogens (tertiary/aromatic N) is 2. The van der Waals surface area contributed by atoms with E-state index in [1.807, 2.05) is 18.2 Å². The maximum Gasteiger partial charge on any atom is 0.277 e. The van der Waals surface area contributed by atoms with Crippen molar-refractivity contribution in [3.63, 3.8) is 0 Å². The molecule has 0 aliphatic carbocycles. The minimum Gasteiger partial charge on any atom is -0.335 e. The second-order valence-electron chi connectivity index (χ2n) is 7.72. The zero-order valence-corrected chi connectivity index (χ0v) is 17.9. The molecule has 0 bridgehead atoms. The number of amides is 1. The van der Waals surface area contributed by atoms with Crippen LogP contribution >= 0.6 is 0 Å². The summed E-state index contributed by atoms with van der Waals surface area (Å²) in [5, 5.41) is 2.09. The van der Waals surface area contributed by atoms with Crippen molar-refractivity contribution in [3.05, 3.63) is 66.2 Å². The van der Waals surface area contributed by atoms with Crippen LogP contribution in [-0.4, -0.2) is 56.3 Å². The molecule has 1 amide bonds. The van der Waals surface area contributed by atoms with Gasteiger partial charge in [0.05, 0.1) is 4.90 Å². The second-order valence-corrected chi connectivity index (χ2v) is 9.66. The van der Waals surface area contributed by atoms with Crippen molar-refractivity contribution in [2.75, 3.05) is 32.7 Å².